The lowest BCUT2D eigenvalue weighted by Crippen LogP contribution is -2.61. The van der Waals surface area contributed by atoms with Crippen LogP contribution in [0.25, 0.3) is 11.0 Å². The zero-order valence-corrected chi connectivity index (χ0v) is 20.6. The number of morpholine rings is 1. The van der Waals surface area contributed by atoms with Crippen molar-refractivity contribution in [3.63, 3.8) is 0 Å². The van der Waals surface area contributed by atoms with Crippen LogP contribution in [0.5, 0.6) is 5.75 Å². The van der Waals surface area contributed by atoms with Crippen LogP contribution in [0.3, 0.4) is 0 Å². The van der Waals surface area contributed by atoms with Gasteiger partial charge in [-0.2, -0.15) is 0 Å². The van der Waals surface area contributed by atoms with Gasteiger partial charge in [0.1, 0.15) is 24.7 Å². The van der Waals surface area contributed by atoms with Crippen molar-refractivity contribution in [3.8, 4) is 5.75 Å². The van der Waals surface area contributed by atoms with Crippen molar-refractivity contribution in [3.05, 3.63) is 72.1 Å². The third-order valence-electron chi connectivity index (χ3n) is 6.87. The minimum Gasteiger partial charge on any atom is -0.491 e. The molecule has 2 amide bonds. The second kappa shape index (κ2) is 10.5. The molecule has 2 aliphatic heterocycles. The number of carbonyl (C=O) groups excluding carboxylic acids is 2. The van der Waals surface area contributed by atoms with Gasteiger partial charge in [-0.1, -0.05) is 49.4 Å². The SMILES string of the molecule is CCc1nc2ccccc2n1CC(=O)N1CCOC2(C/C=C/Cc3ccccc3OCCNC2=O)C1. The molecule has 1 fully saturated rings. The molecule has 1 saturated heterocycles. The first-order chi connectivity index (χ1) is 17.6. The van der Waals surface area contributed by atoms with E-state index in [-0.39, 0.29) is 24.9 Å². The number of aromatic nitrogens is 2. The summed E-state index contributed by atoms with van der Waals surface area (Å²) in [7, 11) is 0. The lowest BCUT2D eigenvalue weighted by atomic mass is 9.94. The standard InChI is InChI=1S/C28H32N4O4/c1-2-25-30-22-11-4-5-12-23(22)32(25)19-26(33)31-16-18-36-28(20-31)14-8-7-10-21-9-3-6-13-24(21)35-17-15-29-27(28)34/h3-9,11-13H,2,10,14-20H2,1H3,(H,29,34)/b8-7+. The van der Waals surface area contributed by atoms with Gasteiger partial charge in [-0.15, -0.1) is 0 Å². The van der Waals surface area contributed by atoms with Gasteiger partial charge in [0.15, 0.2) is 5.60 Å². The zero-order chi connectivity index (χ0) is 25.0. The Morgan fingerprint density at radius 1 is 1.11 bits per heavy atom. The monoisotopic (exact) mass is 488 g/mol. The summed E-state index contributed by atoms with van der Waals surface area (Å²) >= 11 is 0. The normalized spacial score (nSPS) is 21.7. The number of nitrogens with zero attached hydrogens (tertiary/aromatic N) is 3. The number of allylic oxidation sites excluding steroid dienone is 1. The van der Waals surface area contributed by atoms with Crippen molar-refractivity contribution in [2.75, 3.05) is 32.8 Å². The number of hydrogen-bond acceptors (Lipinski definition) is 5. The molecule has 1 spiro atoms. The van der Waals surface area contributed by atoms with Gasteiger partial charge in [-0.25, -0.2) is 4.98 Å². The van der Waals surface area contributed by atoms with Gasteiger partial charge < -0.3 is 24.3 Å². The van der Waals surface area contributed by atoms with Gasteiger partial charge in [0.2, 0.25) is 5.91 Å². The van der Waals surface area contributed by atoms with Crippen molar-refractivity contribution < 1.29 is 19.1 Å². The average molecular weight is 489 g/mol. The Kier molecular flexibility index (Phi) is 7.04. The molecule has 1 atom stereocenters. The number of amides is 2. The molecule has 3 aromatic rings. The van der Waals surface area contributed by atoms with E-state index in [1.165, 1.54) is 0 Å². The van der Waals surface area contributed by atoms with Crippen LogP contribution < -0.4 is 10.1 Å². The third-order valence-corrected chi connectivity index (χ3v) is 6.87. The van der Waals surface area contributed by atoms with Crippen LogP contribution in [-0.4, -0.2) is 64.7 Å². The van der Waals surface area contributed by atoms with E-state index in [2.05, 4.69) is 10.3 Å². The summed E-state index contributed by atoms with van der Waals surface area (Å²) in [5.41, 5.74) is 1.79. The fourth-order valence-corrected chi connectivity index (χ4v) is 4.94. The number of carbonyl (C=O) groups is 2. The van der Waals surface area contributed by atoms with Crippen LogP contribution in [0, 0.1) is 0 Å². The summed E-state index contributed by atoms with van der Waals surface area (Å²) in [5.74, 6) is 1.44. The van der Waals surface area contributed by atoms with Crippen LogP contribution in [0.4, 0.5) is 0 Å². The van der Waals surface area contributed by atoms with E-state index >= 15 is 0 Å². The molecular weight excluding hydrogens is 456 g/mol. The highest BCUT2D eigenvalue weighted by Gasteiger charge is 2.44. The quantitative estimate of drug-likeness (QED) is 0.573. The number of aryl methyl sites for hydroxylation is 1. The highest BCUT2D eigenvalue weighted by molar-refractivity contribution is 5.87. The Morgan fingerprint density at radius 2 is 1.94 bits per heavy atom. The predicted octanol–water partition coefficient (Wildman–Crippen LogP) is 2.89. The first kappa shape index (κ1) is 24.1. The molecule has 0 radical (unpaired) electrons. The lowest BCUT2D eigenvalue weighted by molar-refractivity contribution is -0.165. The number of imidazole rings is 1. The minimum atomic E-state index is -1.13. The average Bonchev–Trinajstić information content (AvgIpc) is 3.26. The maximum absolute atomic E-state index is 13.5. The molecule has 2 aliphatic rings. The Hall–Kier alpha value is -3.65. The number of para-hydroxylation sites is 3. The molecule has 3 heterocycles. The van der Waals surface area contributed by atoms with Gasteiger partial charge >= 0.3 is 0 Å². The molecule has 8 heteroatoms. The third kappa shape index (κ3) is 4.86. The summed E-state index contributed by atoms with van der Waals surface area (Å²) in [5, 5.41) is 2.96. The van der Waals surface area contributed by atoms with Gasteiger partial charge in [0.25, 0.3) is 5.91 Å². The highest BCUT2D eigenvalue weighted by Crippen LogP contribution is 2.26. The first-order valence-corrected chi connectivity index (χ1v) is 12.6. The fraction of sp³-hybridized carbons (Fsp3) is 0.393. The van der Waals surface area contributed by atoms with E-state index in [0.29, 0.717) is 39.1 Å². The van der Waals surface area contributed by atoms with Crippen molar-refractivity contribution in [1.29, 1.82) is 0 Å². The van der Waals surface area contributed by atoms with E-state index in [0.717, 1.165) is 34.6 Å². The van der Waals surface area contributed by atoms with Gasteiger partial charge in [-0.3, -0.25) is 9.59 Å². The van der Waals surface area contributed by atoms with Crippen LogP contribution in [-0.2, 0) is 33.7 Å². The van der Waals surface area contributed by atoms with Crippen LogP contribution in [0.1, 0.15) is 24.7 Å². The molecule has 0 saturated carbocycles. The largest absolute Gasteiger partial charge is 0.491 e. The topological polar surface area (TPSA) is 85.7 Å². The lowest BCUT2D eigenvalue weighted by Gasteiger charge is -2.41. The molecule has 8 nitrogen and oxygen atoms in total. The number of nitrogens with one attached hydrogen (secondary N) is 1. The molecule has 1 unspecified atom stereocenters. The van der Waals surface area contributed by atoms with Crippen molar-refractivity contribution in [2.24, 2.45) is 0 Å². The number of hydrogen-bond donors (Lipinski definition) is 1. The van der Waals surface area contributed by atoms with Crippen molar-refractivity contribution in [2.45, 2.75) is 38.3 Å². The number of ether oxygens (including phenoxy) is 2. The number of rotatable bonds is 3. The van der Waals surface area contributed by atoms with Crippen LogP contribution in [0.15, 0.2) is 60.7 Å². The highest BCUT2D eigenvalue weighted by atomic mass is 16.5. The van der Waals surface area contributed by atoms with E-state index in [1.54, 1.807) is 4.90 Å². The van der Waals surface area contributed by atoms with E-state index in [9.17, 15) is 9.59 Å². The zero-order valence-electron chi connectivity index (χ0n) is 20.6. The molecule has 1 aromatic heterocycles. The maximum atomic E-state index is 13.5. The Labute approximate surface area is 210 Å². The maximum Gasteiger partial charge on any atom is 0.254 e. The van der Waals surface area contributed by atoms with Crippen LogP contribution >= 0.6 is 0 Å². The molecule has 5 rings (SSSR count). The van der Waals surface area contributed by atoms with E-state index in [4.69, 9.17) is 9.47 Å². The fourth-order valence-electron chi connectivity index (χ4n) is 4.94. The Balaban J connectivity index is 1.35. The van der Waals surface area contributed by atoms with Crippen LogP contribution in [0.2, 0.25) is 0 Å². The number of fused-ring (bicyclic) bond motifs is 2. The molecule has 2 aromatic carbocycles. The van der Waals surface area contributed by atoms with Gasteiger partial charge in [0, 0.05) is 19.4 Å². The molecule has 1 N–H and O–H groups in total. The molecular formula is C28H32N4O4. The van der Waals surface area contributed by atoms with Gasteiger partial charge in [0.05, 0.1) is 30.7 Å². The van der Waals surface area contributed by atoms with Gasteiger partial charge in [-0.05, 0) is 30.2 Å². The minimum absolute atomic E-state index is 0.0457. The first-order valence-electron chi connectivity index (χ1n) is 12.6. The van der Waals surface area contributed by atoms with Crippen molar-refractivity contribution >= 4 is 22.8 Å². The molecule has 0 aliphatic carbocycles. The smallest absolute Gasteiger partial charge is 0.254 e. The summed E-state index contributed by atoms with van der Waals surface area (Å²) in [6.07, 6.45) is 5.83. The van der Waals surface area contributed by atoms with E-state index in [1.807, 2.05) is 72.2 Å². The summed E-state index contributed by atoms with van der Waals surface area (Å²) in [6.45, 7) is 3.89. The second-order valence-corrected chi connectivity index (χ2v) is 9.21. The Morgan fingerprint density at radius 3 is 2.83 bits per heavy atom. The second-order valence-electron chi connectivity index (χ2n) is 9.21. The Bertz CT molecular complexity index is 1280. The predicted molar refractivity (Wildman–Crippen MR) is 137 cm³/mol. The molecule has 36 heavy (non-hydrogen) atoms. The van der Waals surface area contributed by atoms with Crippen molar-refractivity contribution in [1.82, 2.24) is 19.8 Å². The molecule has 0 bridgehead atoms. The summed E-state index contributed by atoms with van der Waals surface area (Å²) < 4.78 is 14.0. The molecule has 188 valence electrons. The van der Waals surface area contributed by atoms with E-state index < -0.39 is 5.60 Å². The summed E-state index contributed by atoms with van der Waals surface area (Å²) in [6, 6.07) is 15.8. The number of benzene rings is 2. The summed E-state index contributed by atoms with van der Waals surface area (Å²) in [4.78, 5) is 33.2.